The molecule has 0 unspecified atom stereocenters. The lowest BCUT2D eigenvalue weighted by Gasteiger charge is -2.19. The summed E-state index contributed by atoms with van der Waals surface area (Å²) in [5.41, 5.74) is 0. The molecule has 0 N–H and O–H groups in total. The lowest BCUT2D eigenvalue weighted by molar-refractivity contribution is 0.633. The van der Waals surface area contributed by atoms with Crippen LogP contribution in [0.1, 0.15) is 0 Å². The minimum atomic E-state index is 0.788. The van der Waals surface area contributed by atoms with E-state index < -0.39 is 0 Å². The highest BCUT2D eigenvalue weighted by molar-refractivity contribution is 14.1. The lowest BCUT2D eigenvalue weighted by atomic mass is 10.6. The normalized spacial score (nSPS) is 18.0. The SMILES string of the molecule is CSN1CN=CC=C1I. The smallest absolute Gasteiger partial charge is 0.121 e. The third-order valence-electron chi connectivity index (χ3n) is 0.986. The summed E-state index contributed by atoms with van der Waals surface area (Å²) in [6, 6.07) is 0. The Balaban J connectivity index is 2.59. The van der Waals surface area contributed by atoms with Gasteiger partial charge in [0.05, 0.1) is 3.70 Å². The van der Waals surface area contributed by atoms with Gasteiger partial charge in [-0.05, 0) is 28.7 Å². The van der Waals surface area contributed by atoms with Gasteiger partial charge in [-0.25, -0.2) is 0 Å². The molecule has 0 bridgehead atoms. The van der Waals surface area contributed by atoms with Crippen LogP contribution in [0.5, 0.6) is 0 Å². The van der Waals surface area contributed by atoms with E-state index in [-0.39, 0.29) is 0 Å². The number of halogens is 1. The highest BCUT2D eigenvalue weighted by Crippen LogP contribution is 2.21. The second kappa shape index (κ2) is 3.46. The van der Waals surface area contributed by atoms with Crippen LogP contribution in [0.2, 0.25) is 0 Å². The van der Waals surface area contributed by atoms with Crippen molar-refractivity contribution in [2.75, 3.05) is 12.9 Å². The minimum absolute atomic E-state index is 0.788. The van der Waals surface area contributed by atoms with Crippen molar-refractivity contribution in [2.45, 2.75) is 0 Å². The molecule has 0 atom stereocenters. The molecule has 0 aromatic rings. The van der Waals surface area contributed by atoms with E-state index in [4.69, 9.17) is 0 Å². The minimum Gasteiger partial charge on any atom is -0.290 e. The Morgan fingerprint density at radius 1 is 1.89 bits per heavy atom. The molecule has 0 saturated carbocycles. The topological polar surface area (TPSA) is 15.6 Å². The fraction of sp³-hybridized carbons (Fsp3) is 0.400. The van der Waals surface area contributed by atoms with E-state index in [0.29, 0.717) is 0 Å². The van der Waals surface area contributed by atoms with Crippen molar-refractivity contribution in [1.82, 2.24) is 4.31 Å². The first-order valence-electron chi connectivity index (χ1n) is 2.52. The lowest BCUT2D eigenvalue weighted by Crippen LogP contribution is -2.13. The maximum absolute atomic E-state index is 4.08. The van der Waals surface area contributed by atoms with Gasteiger partial charge in [-0.1, -0.05) is 11.9 Å². The van der Waals surface area contributed by atoms with E-state index in [1.165, 1.54) is 3.70 Å². The summed E-state index contributed by atoms with van der Waals surface area (Å²) in [5.74, 6) is 0. The molecule has 0 fully saturated rings. The van der Waals surface area contributed by atoms with Crippen molar-refractivity contribution < 1.29 is 0 Å². The number of allylic oxidation sites excluding steroid dienone is 1. The van der Waals surface area contributed by atoms with E-state index in [1.54, 1.807) is 11.9 Å². The number of hydrogen-bond acceptors (Lipinski definition) is 3. The van der Waals surface area contributed by atoms with Gasteiger partial charge in [0, 0.05) is 12.5 Å². The molecule has 1 aliphatic rings. The molecule has 0 aliphatic carbocycles. The predicted octanol–water partition coefficient (Wildman–Crippen LogP) is 1.88. The molecule has 0 amide bonds. The molecule has 0 aromatic carbocycles. The molecular weight excluding hydrogens is 247 g/mol. The van der Waals surface area contributed by atoms with Gasteiger partial charge in [0.25, 0.3) is 0 Å². The summed E-state index contributed by atoms with van der Waals surface area (Å²) in [7, 11) is 0. The Hall–Kier alpha value is 0.290. The zero-order valence-corrected chi connectivity index (χ0v) is 8.02. The van der Waals surface area contributed by atoms with Gasteiger partial charge < -0.3 is 0 Å². The fourth-order valence-electron chi connectivity index (χ4n) is 0.531. The third-order valence-corrected chi connectivity index (χ3v) is 3.01. The van der Waals surface area contributed by atoms with Crippen LogP contribution in [0.25, 0.3) is 0 Å². The Labute approximate surface area is 72.7 Å². The Bertz CT molecular complexity index is 155. The number of aliphatic imine (C=N–C) groups is 1. The largest absolute Gasteiger partial charge is 0.290 e. The van der Waals surface area contributed by atoms with Gasteiger partial charge in [-0.2, -0.15) is 0 Å². The zero-order chi connectivity index (χ0) is 6.69. The predicted molar refractivity (Wildman–Crippen MR) is 50.8 cm³/mol. The van der Waals surface area contributed by atoms with E-state index in [2.05, 4.69) is 31.9 Å². The van der Waals surface area contributed by atoms with Gasteiger partial charge >= 0.3 is 0 Å². The fourth-order valence-corrected chi connectivity index (χ4v) is 1.85. The van der Waals surface area contributed by atoms with Crippen molar-refractivity contribution in [2.24, 2.45) is 4.99 Å². The van der Waals surface area contributed by atoms with E-state index in [9.17, 15) is 0 Å². The summed E-state index contributed by atoms with van der Waals surface area (Å²) in [5, 5.41) is 0. The molecule has 4 heteroatoms. The van der Waals surface area contributed by atoms with Gasteiger partial charge in [0.1, 0.15) is 6.67 Å². The van der Waals surface area contributed by atoms with Crippen molar-refractivity contribution in [3.8, 4) is 0 Å². The first kappa shape index (κ1) is 7.40. The summed E-state index contributed by atoms with van der Waals surface area (Å²) in [6.07, 6.45) is 5.89. The van der Waals surface area contributed by atoms with Crippen LogP contribution in [-0.4, -0.2) is 23.4 Å². The first-order chi connectivity index (χ1) is 4.34. The average Bonchev–Trinajstić information content (AvgIpc) is 1.89. The Morgan fingerprint density at radius 2 is 2.67 bits per heavy atom. The standard InChI is InChI=1S/C5H7IN2S/c1-9-8-4-7-3-2-5(8)6/h2-3H,4H2,1H3. The van der Waals surface area contributed by atoms with Crippen LogP contribution < -0.4 is 0 Å². The number of nitrogens with zero attached hydrogens (tertiary/aromatic N) is 2. The van der Waals surface area contributed by atoms with Crippen LogP contribution in [-0.2, 0) is 0 Å². The average molecular weight is 254 g/mol. The maximum atomic E-state index is 4.08. The first-order valence-corrected chi connectivity index (χ1v) is 4.78. The number of hydrogen-bond donors (Lipinski definition) is 0. The second-order valence-electron chi connectivity index (χ2n) is 1.52. The molecule has 9 heavy (non-hydrogen) atoms. The highest BCUT2D eigenvalue weighted by atomic mass is 127. The van der Waals surface area contributed by atoms with Crippen LogP contribution in [0.15, 0.2) is 14.8 Å². The summed E-state index contributed by atoms with van der Waals surface area (Å²) < 4.78 is 3.37. The van der Waals surface area contributed by atoms with Gasteiger partial charge in [-0.3, -0.25) is 9.30 Å². The van der Waals surface area contributed by atoms with Crippen LogP contribution >= 0.6 is 34.5 Å². The number of rotatable bonds is 1. The molecule has 1 heterocycles. The van der Waals surface area contributed by atoms with Gasteiger partial charge in [0.15, 0.2) is 0 Å². The molecule has 50 valence electrons. The van der Waals surface area contributed by atoms with Crippen molar-refractivity contribution >= 4 is 40.8 Å². The van der Waals surface area contributed by atoms with Gasteiger partial charge in [0.2, 0.25) is 0 Å². The zero-order valence-electron chi connectivity index (χ0n) is 5.04. The highest BCUT2D eigenvalue weighted by Gasteiger charge is 2.04. The van der Waals surface area contributed by atoms with E-state index in [1.807, 2.05) is 18.5 Å². The van der Waals surface area contributed by atoms with Crippen molar-refractivity contribution in [1.29, 1.82) is 0 Å². The van der Waals surface area contributed by atoms with Crippen LogP contribution in [0, 0.1) is 0 Å². The Morgan fingerprint density at radius 3 is 3.11 bits per heavy atom. The summed E-state index contributed by atoms with van der Waals surface area (Å²) in [4.78, 5) is 4.08. The third kappa shape index (κ3) is 1.86. The van der Waals surface area contributed by atoms with Crippen LogP contribution in [0.3, 0.4) is 0 Å². The van der Waals surface area contributed by atoms with Gasteiger partial charge in [-0.15, -0.1) is 0 Å². The van der Waals surface area contributed by atoms with Crippen molar-refractivity contribution in [3.63, 3.8) is 0 Å². The molecule has 0 spiro atoms. The molecule has 0 radical (unpaired) electrons. The van der Waals surface area contributed by atoms with Crippen LogP contribution in [0.4, 0.5) is 0 Å². The monoisotopic (exact) mass is 254 g/mol. The Kier molecular flexibility index (Phi) is 2.84. The second-order valence-corrected chi connectivity index (χ2v) is 3.43. The van der Waals surface area contributed by atoms with E-state index in [0.717, 1.165) is 6.67 Å². The molecular formula is C5H7IN2S. The molecule has 0 saturated heterocycles. The molecule has 1 aliphatic heterocycles. The van der Waals surface area contributed by atoms with Crippen molar-refractivity contribution in [3.05, 3.63) is 9.78 Å². The quantitative estimate of drug-likeness (QED) is 0.403. The van der Waals surface area contributed by atoms with E-state index >= 15 is 0 Å². The maximum Gasteiger partial charge on any atom is 0.121 e. The molecule has 2 nitrogen and oxygen atoms in total. The molecule has 0 aromatic heterocycles. The summed E-state index contributed by atoms with van der Waals surface area (Å²) >= 11 is 3.99. The molecule has 1 rings (SSSR count). The summed E-state index contributed by atoms with van der Waals surface area (Å²) in [6.45, 7) is 0.788.